The molecule has 47 heavy (non-hydrogen) atoms. The van der Waals surface area contributed by atoms with E-state index in [1.807, 2.05) is 23.5 Å². The van der Waals surface area contributed by atoms with Crippen LogP contribution in [0.2, 0.25) is 0 Å². The molecule has 8 rings (SSSR count). The van der Waals surface area contributed by atoms with E-state index in [0.29, 0.717) is 0 Å². The third-order valence-electron chi connectivity index (χ3n) is 9.05. The summed E-state index contributed by atoms with van der Waals surface area (Å²) in [6.45, 7) is 6.06. The van der Waals surface area contributed by atoms with Crippen LogP contribution in [0.4, 0.5) is 17.1 Å². The molecule has 0 radical (unpaired) electrons. The fourth-order valence-corrected chi connectivity index (χ4v) is 7.95. The number of allylic oxidation sites excluding steroid dienone is 2. The largest absolute Gasteiger partial charge is 0.310 e. The Morgan fingerprint density at radius 2 is 1.06 bits per heavy atom. The molecule has 0 fully saturated rings. The molecule has 0 amide bonds. The number of hydrogen-bond donors (Lipinski definition) is 0. The Hall–Kier alpha value is -5.70. The highest BCUT2D eigenvalue weighted by atomic mass is 32.1. The van der Waals surface area contributed by atoms with Gasteiger partial charge in [-0.25, -0.2) is 0 Å². The summed E-state index contributed by atoms with van der Waals surface area (Å²) in [5, 5.41) is 6.27. The molecule has 1 heterocycles. The summed E-state index contributed by atoms with van der Waals surface area (Å²) >= 11 is 1.85. The molecule has 8 aromatic rings. The average Bonchev–Trinajstić information content (AvgIpc) is 3.46. The van der Waals surface area contributed by atoms with Gasteiger partial charge in [0.2, 0.25) is 0 Å². The minimum absolute atomic E-state index is 1.12. The van der Waals surface area contributed by atoms with E-state index in [0.717, 1.165) is 17.1 Å². The maximum absolute atomic E-state index is 3.85. The number of benzene rings is 7. The van der Waals surface area contributed by atoms with Crippen molar-refractivity contribution >= 4 is 66.1 Å². The maximum atomic E-state index is 3.85. The van der Waals surface area contributed by atoms with Crippen LogP contribution in [-0.2, 0) is 0 Å². The first-order valence-corrected chi connectivity index (χ1v) is 16.8. The van der Waals surface area contributed by atoms with Crippen molar-refractivity contribution in [2.45, 2.75) is 6.92 Å². The Labute approximate surface area is 280 Å². The first-order chi connectivity index (χ1) is 23.2. The van der Waals surface area contributed by atoms with Gasteiger partial charge in [-0.15, -0.1) is 11.3 Å². The summed E-state index contributed by atoms with van der Waals surface area (Å²) in [7, 11) is 0. The molecule has 224 valence electrons. The summed E-state index contributed by atoms with van der Waals surface area (Å²) in [4.78, 5) is 3.66. The first kappa shape index (κ1) is 28.8. The molecule has 7 aromatic carbocycles. The molecule has 0 unspecified atom stereocenters. The van der Waals surface area contributed by atoms with E-state index < -0.39 is 0 Å². The van der Waals surface area contributed by atoms with Gasteiger partial charge in [0.15, 0.2) is 0 Å². The Morgan fingerprint density at radius 1 is 0.532 bits per heavy atom. The van der Waals surface area contributed by atoms with Crippen molar-refractivity contribution in [3.63, 3.8) is 0 Å². The number of aryl methyl sites for hydroxylation is 1. The molecule has 0 N–H and O–H groups in total. The highest BCUT2D eigenvalue weighted by Gasteiger charge is 2.17. The fraction of sp³-hybridized carbons (Fsp3) is 0.0222. The molecule has 0 aliphatic carbocycles. The van der Waals surface area contributed by atoms with Crippen molar-refractivity contribution in [2.24, 2.45) is 0 Å². The lowest BCUT2D eigenvalue weighted by Gasteiger charge is -2.27. The lowest BCUT2D eigenvalue weighted by Crippen LogP contribution is -2.10. The average molecular weight is 620 g/mol. The smallest absolute Gasteiger partial charge is 0.0540 e. The van der Waals surface area contributed by atoms with Crippen molar-refractivity contribution in [3.05, 3.63) is 181 Å². The summed E-state index contributed by atoms with van der Waals surface area (Å²) in [5.74, 6) is 0. The molecule has 0 saturated heterocycles. The van der Waals surface area contributed by atoms with E-state index in [4.69, 9.17) is 0 Å². The van der Waals surface area contributed by atoms with E-state index >= 15 is 0 Å². The van der Waals surface area contributed by atoms with E-state index in [2.05, 4.69) is 176 Å². The highest BCUT2D eigenvalue weighted by Crippen LogP contribution is 2.42. The molecule has 1 nitrogen and oxygen atoms in total. The SMILES string of the molecule is C=C/C=C\c1sc2c(-c3ccc(N(c4ccc(-c5cccc6ccccc56)cc4)c4cccc5ccccc45)cc3)cccc2c1C. The molecule has 0 saturated carbocycles. The van der Waals surface area contributed by atoms with Crippen LogP contribution in [0.25, 0.3) is 60.0 Å². The molecule has 0 spiro atoms. The number of thiophene rings is 1. The zero-order valence-electron chi connectivity index (χ0n) is 26.2. The normalized spacial score (nSPS) is 11.5. The molecular formula is C45H33NS. The molecule has 0 aliphatic heterocycles. The summed E-state index contributed by atoms with van der Waals surface area (Å²) in [6, 6.07) is 55.0. The molecule has 0 bridgehead atoms. The van der Waals surface area contributed by atoms with Gasteiger partial charge in [0.25, 0.3) is 0 Å². The Morgan fingerprint density at radius 3 is 1.77 bits per heavy atom. The van der Waals surface area contributed by atoms with Gasteiger partial charge in [-0.2, -0.15) is 0 Å². The van der Waals surface area contributed by atoms with Gasteiger partial charge in [-0.1, -0.05) is 140 Å². The van der Waals surface area contributed by atoms with E-state index in [9.17, 15) is 0 Å². The minimum Gasteiger partial charge on any atom is -0.310 e. The second kappa shape index (κ2) is 12.2. The highest BCUT2D eigenvalue weighted by molar-refractivity contribution is 7.20. The zero-order valence-corrected chi connectivity index (χ0v) is 27.0. The Kier molecular flexibility index (Phi) is 7.49. The van der Waals surface area contributed by atoms with Gasteiger partial charge >= 0.3 is 0 Å². The van der Waals surface area contributed by atoms with Crippen molar-refractivity contribution in [3.8, 4) is 22.3 Å². The minimum atomic E-state index is 1.12. The van der Waals surface area contributed by atoms with Crippen LogP contribution < -0.4 is 4.90 Å². The Bertz CT molecular complexity index is 2420. The predicted octanol–water partition coefficient (Wildman–Crippen LogP) is 13.5. The quantitative estimate of drug-likeness (QED) is 0.160. The summed E-state index contributed by atoms with van der Waals surface area (Å²) in [5.41, 5.74) is 9.64. The number of anilines is 3. The summed E-state index contributed by atoms with van der Waals surface area (Å²) < 4.78 is 1.32. The third kappa shape index (κ3) is 5.23. The van der Waals surface area contributed by atoms with Gasteiger partial charge < -0.3 is 4.90 Å². The van der Waals surface area contributed by atoms with Crippen molar-refractivity contribution < 1.29 is 0 Å². The number of rotatable bonds is 7. The van der Waals surface area contributed by atoms with Gasteiger partial charge in [0.1, 0.15) is 0 Å². The molecule has 2 heteroatoms. The second-order valence-corrected chi connectivity index (χ2v) is 12.9. The summed E-state index contributed by atoms with van der Waals surface area (Å²) in [6.07, 6.45) is 6.01. The van der Waals surface area contributed by atoms with Crippen LogP contribution in [0.3, 0.4) is 0 Å². The van der Waals surface area contributed by atoms with Crippen molar-refractivity contribution in [2.75, 3.05) is 4.90 Å². The van der Waals surface area contributed by atoms with E-state index in [1.54, 1.807) is 0 Å². The number of fused-ring (bicyclic) bond motifs is 3. The number of nitrogens with zero attached hydrogens (tertiary/aromatic N) is 1. The predicted molar refractivity (Wildman–Crippen MR) is 206 cm³/mol. The van der Waals surface area contributed by atoms with Gasteiger partial charge in [0.05, 0.1) is 5.69 Å². The van der Waals surface area contributed by atoms with Crippen LogP contribution in [0.5, 0.6) is 0 Å². The van der Waals surface area contributed by atoms with Crippen LogP contribution in [0.15, 0.2) is 170 Å². The third-order valence-corrected chi connectivity index (χ3v) is 10.4. The molecular weight excluding hydrogens is 587 g/mol. The Balaban J connectivity index is 1.23. The first-order valence-electron chi connectivity index (χ1n) is 16.0. The van der Waals surface area contributed by atoms with Crippen LogP contribution >= 0.6 is 11.3 Å². The zero-order chi connectivity index (χ0) is 31.7. The lowest BCUT2D eigenvalue weighted by atomic mass is 9.98. The lowest BCUT2D eigenvalue weighted by molar-refractivity contribution is 1.30. The molecule has 1 aromatic heterocycles. The van der Waals surface area contributed by atoms with Gasteiger partial charge in [-0.05, 0) is 92.7 Å². The van der Waals surface area contributed by atoms with E-state index in [-0.39, 0.29) is 0 Å². The second-order valence-electron chi connectivity index (χ2n) is 11.8. The van der Waals surface area contributed by atoms with Gasteiger partial charge in [0, 0.05) is 26.3 Å². The topological polar surface area (TPSA) is 3.24 Å². The van der Waals surface area contributed by atoms with Crippen molar-refractivity contribution in [1.29, 1.82) is 0 Å². The molecule has 0 atom stereocenters. The van der Waals surface area contributed by atoms with E-state index in [1.165, 1.54) is 64.3 Å². The van der Waals surface area contributed by atoms with Gasteiger partial charge in [-0.3, -0.25) is 0 Å². The molecule has 0 aliphatic rings. The fourth-order valence-electron chi connectivity index (χ4n) is 6.69. The maximum Gasteiger partial charge on any atom is 0.0540 e. The monoisotopic (exact) mass is 619 g/mol. The van der Waals surface area contributed by atoms with Crippen LogP contribution in [0.1, 0.15) is 10.4 Å². The number of hydrogen-bond acceptors (Lipinski definition) is 2. The standard InChI is InChI=1S/C45H33NS/c1-3-4-22-44-31(2)38-18-11-20-42(45(38)47-44)35-25-29-37(30-26-35)46(43-21-10-15-33-13-6-8-17-41(33)43)36-27-23-34(24-28-36)40-19-9-14-32-12-5-7-16-39(32)40/h3-30H,1H2,2H3/b22-4-. The van der Waals surface area contributed by atoms with Crippen LogP contribution in [-0.4, -0.2) is 0 Å². The van der Waals surface area contributed by atoms with Crippen molar-refractivity contribution in [1.82, 2.24) is 0 Å². The van der Waals surface area contributed by atoms with Crippen LogP contribution in [0, 0.1) is 6.92 Å².